The molecule has 38 heavy (non-hydrogen) atoms. The van der Waals surface area contributed by atoms with Crippen molar-refractivity contribution in [2.75, 3.05) is 26.2 Å². The molecule has 1 aliphatic heterocycles. The van der Waals surface area contributed by atoms with Crippen LogP contribution in [0.25, 0.3) is 10.6 Å². The van der Waals surface area contributed by atoms with E-state index in [4.69, 9.17) is 4.74 Å². The maximum absolute atomic E-state index is 14.0. The molecule has 1 atom stereocenters. The molecule has 0 aliphatic carbocycles. The first-order valence-electron chi connectivity index (χ1n) is 13.1. The summed E-state index contributed by atoms with van der Waals surface area (Å²) >= 11 is 1.28. The van der Waals surface area contributed by atoms with E-state index in [1.165, 1.54) is 11.3 Å². The minimum absolute atomic E-state index is 0.0319. The Balaban J connectivity index is 1.76. The van der Waals surface area contributed by atoms with Gasteiger partial charge in [-0.3, -0.25) is 9.59 Å². The Labute approximate surface area is 228 Å². The molecule has 7 nitrogen and oxygen atoms in total. The van der Waals surface area contributed by atoms with E-state index in [0.717, 1.165) is 23.7 Å². The first-order chi connectivity index (χ1) is 18.2. The first-order valence-corrected chi connectivity index (χ1v) is 13.9. The van der Waals surface area contributed by atoms with E-state index in [1.807, 2.05) is 68.4 Å². The van der Waals surface area contributed by atoms with Crippen LogP contribution < -0.4 is 4.74 Å². The number of aliphatic hydroxyl groups excluding tert-OH is 1. The minimum Gasteiger partial charge on any atom is -0.503 e. The van der Waals surface area contributed by atoms with Crippen LogP contribution in [0.5, 0.6) is 5.75 Å². The van der Waals surface area contributed by atoms with Crippen LogP contribution in [0.2, 0.25) is 0 Å². The zero-order valence-electron chi connectivity index (χ0n) is 22.6. The summed E-state index contributed by atoms with van der Waals surface area (Å²) < 4.78 is 5.91. The Bertz CT molecular complexity index is 1330. The van der Waals surface area contributed by atoms with Gasteiger partial charge in [-0.05, 0) is 51.6 Å². The molecular weight excluding hydrogens is 498 g/mol. The van der Waals surface area contributed by atoms with Crippen LogP contribution in [-0.4, -0.2) is 63.9 Å². The second-order valence-corrected chi connectivity index (χ2v) is 10.6. The summed E-state index contributed by atoms with van der Waals surface area (Å²) in [5.41, 5.74) is 2.29. The maximum Gasteiger partial charge on any atom is 0.290 e. The van der Waals surface area contributed by atoms with Gasteiger partial charge in [0.25, 0.3) is 5.91 Å². The minimum atomic E-state index is -0.733. The van der Waals surface area contributed by atoms with E-state index in [-0.39, 0.29) is 17.5 Å². The van der Waals surface area contributed by atoms with E-state index >= 15 is 0 Å². The normalized spacial score (nSPS) is 15.7. The van der Waals surface area contributed by atoms with Crippen molar-refractivity contribution < 1.29 is 19.4 Å². The topological polar surface area (TPSA) is 83.0 Å². The molecule has 0 saturated heterocycles. The fourth-order valence-electron chi connectivity index (χ4n) is 4.72. The number of aromatic nitrogens is 1. The zero-order valence-corrected chi connectivity index (χ0v) is 23.4. The lowest BCUT2D eigenvalue weighted by molar-refractivity contribution is -0.129. The number of thiazole rings is 1. The maximum atomic E-state index is 14.0. The Hall–Kier alpha value is -3.49. The monoisotopic (exact) mass is 533 g/mol. The Morgan fingerprint density at radius 2 is 1.84 bits per heavy atom. The quantitative estimate of drug-likeness (QED) is 0.313. The van der Waals surface area contributed by atoms with Crippen molar-refractivity contribution in [1.29, 1.82) is 0 Å². The van der Waals surface area contributed by atoms with E-state index in [9.17, 15) is 14.7 Å². The number of hydrogen-bond donors (Lipinski definition) is 1. The molecule has 0 bridgehead atoms. The molecular formula is C30H35N3O4S. The van der Waals surface area contributed by atoms with Crippen molar-refractivity contribution in [3.05, 3.63) is 82.1 Å². The van der Waals surface area contributed by atoms with E-state index in [2.05, 4.69) is 23.7 Å². The van der Waals surface area contributed by atoms with Crippen molar-refractivity contribution in [2.24, 2.45) is 0 Å². The standard InChI is InChI=1S/C30H35N3O4S/c1-6-32(7-2)16-17-33-25(22-14-11-15-23(18-22)37-19(3)4)24(27(35)30(33)36)26(34)28-20(5)31-29(38-28)21-12-9-8-10-13-21/h8-15,18-19,25,35H,6-7,16-17H2,1-5H3. The predicted octanol–water partition coefficient (Wildman–Crippen LogP) is 5.83. The van der Waals surface area contributed by atoms with Crippen molar-refractivity contribution in [3.63, 3.8) is 0 Å². The van der Waals surface area contributed by atoms with Crippen molar-refractivity contribution in [1.82, 2.24) is 14.8 Å². The average Bonchev–Trinajstić information content (AvgIpc) is 3.42. The Kier molecular flexibility index (Phi) is 8.64. The van der Waals surface area contributed by atoms with Crippen LogP contribution in [-0.2, 0) is 4.79 Å². The number of carbonyl (C=O) groups is 2. The highest BCUT2D eigenvalue weighted by atomic mass is 32.1. The van der Waals surface area contributed by atoms with E-state index in [1.54, 1.807) is 11.8 Å². The lowest BCUT2D eigenvalue weighted by atomic mass is 9.95. The summed E-state index contributed by atoms with van der Waals surface area (Å²) in [5, 5.41) is 11.8. The molecule has 200 valence electrons. The number of ether oxygens (including phenoxy) is 1. The van der Waals surface area contributed by atoms with Crippen LogP contribution in [0.3, 0.4) is 0 Å². The highest BCUT2D eigenvalue weighted by molar-refractivity contribution is 7.17. The highest BCUT2D eigenvalue weighted by Gasteiger charge is 2.44. The zero-order chi connectivity index (χ0) is 27.4. The molecule has 3 aromatic rings. The van der Waals surface area contributed by atoms with Gasteiger partial charge in [0.15, 0.2) is 5.76 Å². The summed E-state index contributed by atoms with van der Waals surface area (Å²) in [6, 6.07) is 16.4. The predicted molar refractivity (Wildman–Crippen MR) is 151 cm³/mol. The fraction of sp³-hybridized carbons (Fsp3) is 0.367. The number of Topliss-reactive ketones (excluding diaryl/α,β-unsaturated/α-hetero) is 1. The molecule has 4 rings (SSSR count). The van der Waals surface area contributed by atoms with Gasteiger partial charge < -0.3 is 19.6 Å². The first kappa shape index (κ1) is 27.5. The number of amides is 1. The molecule has 0 fully saturated rings. The van der Waals surface area contributed by atoms with Crippen molar-refractivity contribution in [2.45, 2.75) is 46.8 Å². The van der Waals surface area contributed by atoms with Crippen LogP contribution in [0, 0.1) is 6.92 Å². The molecule has 1 unspecified atom stereocenters. The molecule has 1 amide bonds. The second-order valence-electron chi connectivity index (χ2n) is 9.56. The molecule has 0 spiro atoms. The molecule has 1 aromatic heterocycles. The molecule has 0 radical (unpaired) electrons. The highest BCUT2D eigenvalue weighted by Crippen LogP contribution is 2.41. The summed E-state index contributed by atoms with van der Waals surface area (Å²) in [6.07, 6.45) is -0.0319. The van der Waals surface area contributed by atoms with Crippen LogP contribution in [0.1, 0.15) is 54.7 Å². The Morgan fingerprint density at radius 3 is 2.50 bits per heavy atom. The van der Waals surface area contributed by atoms with Gasteiger partial charge in [0, 0.05) is 18.7 Å². The Morgan fingerprint density at radius 1 is 1.13 bits per heavy atom. The van der Waals surface area contributed by atoms with Gasteiger partial charge in [0.05, 0.1) is 28.3 Å². The molecule has 1 N–H and O–H groups in total. The van der Waals surface area contributed by atoms with Gasteiger partial charge in [-0.15, -0.1) is 11.3 Å². The second kappa shape index (κ2) is 11.9. The third kappa shape index (κ3) is 5.66. The molecule has 2 aromatic carbocycles. The van der Waals surface area contributed by atoms with E-state index in [0.29, 0.717) is 35.0 Å². The van der Waals surface area contributed by atoms with Gasteiger partial charge in [-0.1, -0.05) is 56.3 Å². The van der Waals surface area contributed by atoms with Gasteiger partial charge in [0.1, 0.15) is 10.8 Å². The molecule has 1 aliphatic rings. The van der Waals surface area contributed by atoms with Crippen LogP contribution in [0.4, 0.5) is 0 Å². The van der Waals surface area contributed by atoms with Crippen molar-refractivity contribution in [3.8, 4) is 16.3 Å². The number of hydrogen-bond acceptors (Lipinski definition) is 7. The summed E-state index contributed by atoms with van der Waals surface area (Å²) in [4.78, 5) is 36.3. The summed E-state index contributed by atoms with van der Waals surface area (Å²) in [5.74, 6) is -0.763. The smallest absolute Gasteiger partial charge is 0.290 e. The number of nitrogens with zero attached hydrogens (tertiary/aromatic N) is 3. The van der Waals surface area contributed by atoms with Gasteiger partial charge in [0.2, 0.25) is 5.78 Å². The van der Waals surface area contributed by atoms with Crippen LogP contribution in [0.15, 0.2) is 65.9 Å². The number of benzene rings is 2. The fourth-order valence-corrected chi connectivity index (χ4v) is 5.74. The number of aliphatic hydroxyl groups is 1. The molecule has 0 saturated carbocycles. The van der Waals surface area contributed by atoms with E-state index < -0.39 is 17.7 Å². The number of rotatable bonds is 11. The average molecular weight is 534 g/mol. The number of aryl methyl sites for hydroxylation is 1. The summed E-state index contributed by atoms with van der Waals surface area (Å²) in [6.45, 7) is 12.5. The third-order valence-electron chi connectivity index (χ3n) is 6.67. The molecule has 2 heterocycles. The molecule has 8 heteroatoms. The number of likely N-dealkylation sites (N-methyl/N-ethyl adjacent to an activating group) is 1. The number of ketones is 1. The van der Waals surface area contributed by atoms with Gasteiger partial charge in [-0.2, -0.15) is 0 Å². The summed E-state index contributed by atoms with van der Waals surface area (Å²) in [7, 11) is 0. The third-order valence-corrected chi connectivity index (χ3v) is 7.87. The van der Waals surface area contributed by atoms with Crippen molar-refractivity contribution >= 4 is 23.0 Å². The SMILES string of the molecule is CCN(CC)CCN1C(=O)C(O)=C(C(=O)c2sc(-c3ccccc3)nc2C)C1c1cccc(OC(C)C)c1. The van der Waals surface area contributed by atoms with Crippen LogP contribution >= 0.6 is 11.3 Å². The van der Waals surface area contributed by atoms with Gasteiger partial charge in [-0.25, -0.2) is 4.98 Å². The largest absolute Gasteiger partial charge is 0.503 e. The number of carbonyl (C=O) groups excluding carboxylic acids is 2. The lowest BCUT2D eigenvalue weighted by Crippen LogP contribution is -2.38. The van der Waals surface area contributed by atoms with Gasteiger partial charge >= 0.3 is 0 Å². The lowest BCUT2D eigenvalue weighted by Gasteiger charge is -2.29.